The number of rotatable bonds is 1. The van der Waals surface area contributed by atoms with E-state index in [0.29, 0.717) is 6.04 Å². The molecule has 1 fully saturated rings. The topological polar surface area (TPSA) is 32.5 Å². The maximum Gasteiger partial charge on any atom is 0.0285 e. The molecule has 0 aromatic rings. The van der Waals surface area contributed by atoms with Crippen LogP contribution < -0.4 is 5.73 Å². The zero-order chi connectivity index (χ0) is 7.56. The lowest BCUT2D eigenvalue weighted by Crippen LogP contribution is -2.52. The maximum absolute atomic E-state index is 5.79. The third-order valence-electron chi connectivity index (χ3n) is 2.12. The highest BCUT2D eigenvalue weighted by atomic mass is 15.6. The number of hydrogen-bond donors (Lipinski definition) is 1. The third-order valence-corrected chi connectivity index (χ3v) is 2.12. The minimum atomic E-state index is 0.385. The molecule has 3 nitrogen and oxygen atoms in total. The first-order chi connectivity index (χ1) is 4.74. The SMILES string of the molecule is CCN1C[C@H](N)CCN1C. The van der Waals surface area contributed by atoms with Gasteiger partial charge in [0, 0.05) is 32.7 Å². The molecule has 0 spiro atoms. The van der Waals surface area contributed by atoms with Gasteiger partial charge in [-0.3, -0.25) is 0 Å². The van der Waals surface area contributed by atoms with Crippen molar-refractivity contribution in [3.8, 4) is 0 Å². The van der Waals surface area contributed by atoms with E-state index in [9.17, 15) is 0 Å². The summed E-state index contributed by atoms with van der Waals surface area (Å²) in [6.45, 7) is 5.36. The van der Waals surface area contributed by atoms with E-state index in [4.69, 9.17) is 5.73 Å². The van der Waals surface area contributed by atoms with Crippen molar-refractivity contribution in [1.82, 2.24) is 10.0 Å². The van der Waals surface area contributed by atoms with Gasteiger partial charge in [0.15, 0.2) is 0 Å². The smallest absolute Gasteiger partial charge is 0.0285 e. The number of nitrogens with zero attached hydrogens (tertiary/aromatic N) is 2. The Balaban J connectivity index is 2.38. The lowest BCUT2D eigenvalue weighted by atomic mass is 10.2. The Morgan fingerprint density at radius 1 is 1.60 bits per heavy atom. The van der Waals surface area contributed by atoms with Crippen molar-refractivity contribution >= 4 is 0 Å². The van der Waals surface area contributed by atoms with Gasteiger partial charge in [0.05, 0.1) is 0 Å². The fourth-order valence-electron chi connectivity index (χ4n) is 1.37. The molecule has 1 atom stereocenters. The Bertz CT molecular complexity index is 105. The largest absolute Gasteiger partial charge is 0.326 e. The highest BCUT2D eigenvalue weighted by Gasteiger charge is 2.18. The highest BCUT2D eigenvalue weighted by molar-refractivity contribution is 4.72. The molecule has 1 heterocycles. The van der Waals surface area contributed by atoms with E-state index < -0.39 is 0 Å². The van der Waals surface area contributed by atoms with Crippen LogP contribution in [0.2, 0.25) is 0 Å². The van der Waals surface area contributed by atoms with Crippen molar-refractivity contribution in [2.45, 2.75) is 19.4 Å². The van der Waals surface area contributed by atoms with Gasteiger partial charge in [-0.05, 0) is 6.42 Å². The molecule has 0 amide bonds. The van der Waals surface area contributed by atoms with Crippen LogP contribution in [0.25, 0.3) is 0 Å². The van der Waals surface area contributed by atoms with E-state index >= 15 is 0 Å². The summed E-state index contributed by atoms with van der Waals surface area (Å²) >= 11 is 0. The molecule has 1 aliphatic heterocycles. The van der Waals surface area contributed by atoms with Crippen LogP contribution in [-0.2, 0) is 0 Å². The van der Waals surface area contributed by atoms with Crippen molar-refractivity contribution < 1.29 is 0 Å². The van der Waals surface area contributed by atoms with E-state index in [1.807, 2.05) is 0 Å². The zero-order valence-corrected chi connectivity index (χ0v) is 6.88. The number of hydrazine groups is 1. The minimum Gasteiger partial charge on any atom is -0.326 e. The van der Waals surface area contributed by atoms with Crippen molar-refractivity contribution in [2.24, 2.45) is 5.73 Å². The Labute approximate surface area is 62.8 Å². The molecular formula is C7H17N3. The van der Waals surface area contributed by atoms with E-state index in [1.165, 1.54) is 0 Å². The monoisotopic (exact) mass is 143 g/mol. The van der Waals surface area contributed by atoms with Gasteiger partial charge in [-0.15, -0.1) is 0 Å². The molecule has 0 aromatic heterocycles. The van der Waals surface area contributed by atoms with Crippen molar-refractivity contribution in [3.05, 3.63) is 0 Å². The van der Waals surface area contributed by atoms with Crippen LogP contribution in [0.3, 0.4) is 0 Å². The quantitative estimate of drug-likeness (QED) is 0.556. The second kappa shape index (κ2) is 3.32. The summed E-state index contributed by atoms with van der Waals surface area (Å²) in [5.74, 6) is 0. The molecule has 0 aromatic carbocycles. The Morgan fingerprint density at radius 2 is 2.30 bits per heavy atom. The number of nitrogens with two attached hydrogens (primary N) is 1. The molecule has 1 rings (SSSR count). The molecular weight excluding hydrogens is 126 g/mol. The first-order valence-electron chi connectivity index (χ1n) is 3.95. The normalized spacial score (nSPS) is 30.9. The molecule has 0 radical (unpaired) electrons. The standard InChI is InChI=1S/C7H17N3/c1-3-10-6-7(8)4-5-9(10)2/h7H,3-6,8H2,1-2H3/t7-/m1/s1. The van der Waals surface area contributed by atoms with Gasteiger partial charge >= 0.3 is 0 Å². The molecule has 0 bridgehead atoms. The van der Waals surface area contributed by atoms with Crippen LogP contribution in [0.1, 0.15) is 13.3 Å². The number of hydrogen-bond acceptors (Lipinski definition) is 3. The summed E-state index contributed by atoms with van der Waals surface area (Å²) in [4.78, 5) is 0. The third kappa shape index (κ3) is 1.68. The van der Waals surface area contributed by atoms with Gasteiger partial charge in [-0.1, -0.05) is 6.92 Å². The Hall–Kier alpha value is -0.120. The highest BCUT2D eigenvalue weighted by Crippen LogP contribution is 2.06. The van der Waals surface area contributed by atoms with E-state index in [2.05, 4.69) is 24.0 Å². The number of likely N-dealkylation sites (N-methyl/N-ethyl adjacent to an activating group) is 1. The van der Waals surface area contributed by atoms with Crippen LogP contribution in [0.15, 0.2) is 0 Å². The summed E-state index contributed by atoms with van der Waals surface area (Å²) in [5.41, 5.74) is 5.79. The van der Waals surface area contributed by atoms with E-state index in [1.54, 1.807) is 0 Å². The first kappa shape index (κ1) is 7.98. The average molecular weight is 143 g/mol. The molecule has 0 saturated carbocycles. The van der Waals surface area contributed by atoms with Crippen molar-refractivity contribution in [1.29, 1.82) is 0 Å². The summed E-state index contributed by atoms with van der Waals surface area (Å²) in [6.07, 6.45) is 1.13. The maximum atomic E-state index is 5.79. The zero-order valence-electron chi connectivity index (χ0n) is 6.88. The van der Waals surface area contributed by atoms with Gasteiger partial charge < -0.3 is 5.73 Å². The molecule has 0 unspecified atom stereocenters. The predicted octanol–water partition coefficient (Wildman–Crippen LogP) is -0.114. The summed E-state index contributed by atoms with van der Waals surface area (Å²) in [6, 6.07) is 0.385. The lowest BCUT2D eigenvalue weighted by Gasteiger charge is -2.38. The second-order valence-corrected chi connectivity index (χ2v) is 2.94. The van der Waals surface area contributed by atoms with Crippen LogP contribution in [0.5, 0.6) is 0 Å². The van der Waals surface area contributed by atoms with Crippen LogP contribution in [-0.4, -0.2) is 42.7 Å². The summed E-state index contributed by atoms with van der Waals surface area (Å²) in [7, 11) is 2.12. The van der Waals surface area contributed by atoms with Gasteiger partial charge in [0.25, 0.3) is 0 Å². The summed E-state index contributed by atoms with van der Waals surface area (Å²) in [5, 5.41) is 4.54. The molecule has 10 heavy (non-hydrogen) atoms. The van der Waals surface area contributed by atoms with Gasteiger partial charge in [-0.25, -0.2) is 10.0 Å². The van der Waals surface area contributed by atoms with Crippen LogP contribution in [0.4, 0.5) is 0 Å². The summed E-state index contributed by atoms with van der Waals surface area (Å²) < 4.78 is 0. The fraction of sp³-hybridized carbons (Fsp3) is 1.00. The van der Waals surface area contributed by atoms with Crippen LogP contribution >= 0.6 is 0 Å². The molecule has 2 N–H and O–H groups in total. The van der Waals surface area contributed by atoms with E-state index in [-0.39, 0.29) is 0 Å². The Morgan fingerprint density at radius 3 is 2.80 bits per heavy atom. The Kier molecular flexibility index (Phi) is 2.65. The van der Waals surface area contributed by atoms with Gasteiger partial charge in [0.2, 0.25) is 0 Å². The van der Waals surface area contributed by atoms with Crippen molar-refractivity contribution in [3.63, 3.8) is 0 Å². The molecule has 1 saturated heterocycles. The fourth-order valence-corrected chi connectivity index (χ4v) is 1.37. The molecule has 1 aliphatic rings. The minimum absolute atomic E-state index is 0.385. The van der Waals surface area contributed by atoms with Gasteiger partial charge in [-0.2, -0.15) is 0 Å². The first-order valence-corrected chi connectivity index (χ1v) is 3.95. The van der Waals surface area contributed by atoms with Crippen molar-refractivity contribution in [2.75, 3.05) is 26.7 Å². The molecule has 0 aliphatic carbocycles. The lowest BCUT2D eigenvalue weighted by molar-refractivity contribution is -0.0295. The average Bonchev–Trinajstić information content (AvgIpc) is 1.94. The van der Waals surface area contributed by atoms with Crippen LogP contribution in [0, 0.1) is 0 Å². The second-order valence-electron chi connectivity index (χ2n) is 2.94. The van der Waals surface area contributed by atoms with Gasteiger partial charge in [0.1, 0.15) is 0 Å². The molecule has 3 heteroatoms. The van der Waals surface area contributed by atoms with E-state index in [0.717, 1.165) is 26.1 Å². The predicted molar refractivity (Wildman–Crippen MR) is 42.5 cm³/mol. The molecule has 60 valence electrons.